The van der Waals surface area contributed by atoms with Gasteiger partial charge in [-0.1, -0.05) is 19.8 Å². The van der Waals surface area contributed by atoms with Gasteiger partial charge in [0, 0.05) is 27.7 Å². The molecule has 0 saturated carbocycles. The van der Waals surface area contributed by atoms with Crippen molar-refractivity contribution in [2.24, 2.45) is 5.92 Å². The largest absolute Gasteiger partial charge is 0.399 e. The van der Waals surface area contributed by atoms with Gasteiger partial charge >= 0.3 is 0 Å². The summed E-state index contributed by atoms with van der Waals surface area (Å²) in [5.41, 5.74) is 6.26. The quantitative estimate of drug-likeness (QED) is 0.721. The van der Waals surface area contributed by atoms with Crippen molar-refractivity contribution in [1.82, 2.24) is 4.31 Å². The molecule has 2 N–H and O–H groups in total. The molecule has 0 aliphatic carbocycles. The lowest BCUT2D eigenvalue weighted by Crippen LogP contribution is -2.38. The van der Waals surface area contributed by atoms with Crippen molar-refractivity contribution in [3.05, 3.63) is 21.1 Å². The molecule has 1 aromatic rings. The van der Waals surface area contributed by atoms with Crippen molar-refractivity contribution < 1.29 is 8.42 Å². The van der Waals surface area contributed by atoms with Gasteiger partial charge in [-0.2, -0.15) is 4.31 Å². The summed E-state index contributed by atoms with van der Waals surface area (Å²) in [6.45, 7) is 3.36. The number of sulfonamides is 1. The van der Waals surface area contributed by atoms with Crippen molar-refractivity contribution in [2.45, 2.75) is 37.5 Å². The number of nitrogen functional groups attached to an aromatic ring is 1. The van der Waals surface area contributed by atoms with E-state index in [4.69, 9.17) is 5.73 Å². The molecule has 0 bridgehead atoms. The fraction of sp³-hybridized carbons (Fsp3) is 0.571. The van der Waals surface area contributed by atoms with Crippen LogP contribution in [-0.2, 0) is 10.0 Å². The molecule has 4 nitrogen and oxygen atoms in total. The van der Waals surface area contributed by atoms with Crippen LogP contribution in [-0.4, -0.2) is 25.8 Å². The Morgan fingerprint density at radius 1 is 1.24 bits per heavy atom. The lowest BCUT2D eigenvalue weighted by Gasteiger charge is -2.31. The minimum absolute atomic E-state index is 0.269. The highest BCUT2D eigenvalue weighted by Gasteiger charge is 2.32. The van der Waals surface area contributed by atoms with Crippen LogP contribution >= 0.6 is 31.9 Å². The Kier molecular flexibility index (Phi) is 5.73. The smallest absolute Gasteiger partial charge is 0.245 e. The predicted octanol–water partition coefficient (Wildman–Crippen LogP) is 3.99. The predicted molar refractivity (Wildman–Crippen MR) is 92.6 cm³/mol. The second-order valence-electron chi connectivity index (χ2n) is 5.45. The molecule has 7 heteroatoms. The lowest BCUT2D eigenvalue weighted by atomic mass is 9.94. The molecule has 0 radical (unpaired) electrons. The molecule has 0 amide bonds. The number of hydrogen-bond acceptors (Lipinski definition) is 3. The summed E-state index contributed by atoms with van der Waals surface area (Å²) in [6, 6.07) is 3.25. The Labute approximate surface area is 143 Å². The van der Waals surface area contributed by atoms with Crippen LogP contribution in [0.4, 0.5) is 5.69 Å². The van der Waals surface area contributed by atoms with Crippen LogP contribution in [0.2, 0.25) is 0 Å². The van der Waals surface area contributed by atoms with Gasteiger partial charge in [0.25, 0.3) is 0 Å². The van der Waals surface area contributed by atoms with E-state index in [1.54, 1.807) is 16.4 Å². The summed E-state index contributed by atoms with van der Waals surface area (Å²) >= 11 is 6.64. The SMILES string of the molecule is CCCC1CCN(S(=O)(=O)c2c(Br)cc(N)cc2Br)CC1. The number of piperidine rings is 1. The van der Waals surface area contributed by atoms with Crippen LogP contribution in [0.3, 0.4) is 0 Å². The van der Waals surface area contributed by atoms with Gasteiger partial charge in [0.05, 0.1) is 0 Å². The fourth-order valence-corrected chi connectivity index (χ4v) is 6.81. The van der Waals surface area contributed by atoms with Crippen LogP contribution in [0.15, 0.2) is 26.0 Å². The van der Waals surface area contributed by atoms with E-state index in [1.165, 1.54) is 6.42 Å². The Bertz CT molecular complexity index is 588. The van der Waals surface area contributed by atoms with Crippen molar-refractivity contribution in [3.63, 3.8) is 0 Å². The van der Waals surface area contributed by atoms with Crippen LogP contribution < -0.4 is 5.73 Å². The molecule has 1 saturated heterocycles. The van der Waals surface area contributed by atoms with Gasteiger partial charge in [-0.05, 0) is 62.8 Å². The van der Waals surface area contributed by atoms with Gasteiger partial charge < -0.3 is 5.73 Å². The molecule has 1 aromatic carbocycles. The van der Waals surface area contributed by atoms with E-state index in [0.717, 1.165) is 19.3 Å². The fourth-order valence-electron chi connectivity index (χ4n) is 2.80. The van der Waals surface area contributed by atoms with Crippen molar-refractivity contribution in [3.8, 4) is 0 Å². The minimum Gasteiger partial charge on any atom is -0.399 e. The van der Waals surface area contributed by atoms with Gasteiger partial charge in [0.15, 0.2) is 0 Å². The zero-order valence-corrected chi connectivity index (χ0v) is 16.0. The highest BCUT2D eigenvalue weighted by Crippen LogP contribution is 2.36. The Morgan fingerprint density at radius 3 is 2.24 bits per heavy atom. The summed E-state index contributed by atoms with van der Waals surface area (Å²) < 4.78 is 28.3. The molecule has 1 aliphatic heterocycles. The number of hydrogen-bond donors (Lipinski definition) is 1. The van der Waals surface area contributed by atoms with Crippen molar-refractivity contribution in [1.29, 1.82) is 0 Å². The maximum atomic E-state index is 12.8. The van der Waals surface area contributed by atoms with Crippen molar-refractivity contribution in [2.75, 3.05) is 18.8 Å². The van der Waals surface area contributed by atoms with Gasteiger partial charge in [-0.25, -0.2) is 8.42 Å². The second-order valence-corrected chi connectivity index (χ2v) is 9.03. The lowest BCUT2D eigenvalue weighted by molar-refractivity contribution is 0.262. The Morgan fingerprint density at radius 2 is 1.76 bits per heavy atom. The van der Waals surface area contributed by atoms with E-state index in [1.807, 2.05) is 0 Å². The second kappa shape index (κ2) is 6.98. The molecule has 21 heavy (non-hydrogen) atoms. The minimum atomic E-state index is -3.49. The van der Waals surface area contributed by atoms with E-state index >= 15 is 0 Å². The van der Waals surface area contributed by atoms with Crippen LogP contribution in [0, 0.1) is 5.92 Å². The summed E-state index contributed by atoms with van der Waals surface area (Å²) in [6.07, 6.45) is 4.23. The van der Waals surface area contributed by atoms with E-state index in [2.05, 4.69) is 38.8 Å². The first-order valence-electron chi connectivity index (χ1n) is 7.11. The first-order valence-corrected chi connectivity index (χ1v) is 10.1. The third-order valence-electron chi connectivity index (χ3n) is 3.89. The maximum absolute atomic E-state index is 12.8. The first kappa shape index (κ1) is 17.2. The summed E-state index contributed by atoms with van der Waals surface area (Å²) in [5.74, 6) is 0.653. The van der Waals surface area contributed by atoms with E-state index in [0.29, 0.717) is 33.6 Å². The molecule has 1 aliphatic rings. The third-order valence-corrected chi connectivity index (χ3v) is 7.67. The van der Waals surface area contributed by atoms with Crippen LogP contribution in [0.1, 0.15) is 32.6 Å². The zero-order chi connectivity index (χ0) is 15.6. The highest BCUT2D eigenvalue weighted by molar-refractivity contribution is 9.11. The number of anilines is 1. The van der Waals surface area contributed by atoms with Crippen molar-refractivity contribution >= 4 is 47.6 Å². The summed E-state index contributed by atoms with van der Waals surface area (Å²) in [4.78, 5) is 0.269. The average Bonchev–Trinajstić information content (AvgIpc) is 2.38. The monoisotopic (exact) mass is 438 g/mol. The van der Waals surface area contributed by atoms with E-state index in [-0.39, 0.29) is 4.90 Å². The molecule has 1 fully saturated rings. The van der Waals surface area contributed by atoms with E-state index < -0.39 is 10.0 Å². The summed E-state index contributed by atoms with van der Waals surface area (Å²) in [7, 11) is -3.49. The average molecular weight is 440 g/mol. The standard InChI is InChI=1S/C14H20Br2N2O2S/c1-2-3-10-4-6-18(7-5-10)21(19,20)14-12(15)8-11(17)9-13(14)16/h8-10H,2-7,17H2,1H3. The van der Waals surface area contributed by atoms with E-state index in [9.17, 15) is 8.42 Å². The molecule has 0 unspecified atom stereocenters. The summed E-state index contributed by atoms with van der Waals surface area (Å²) in [5, 5.41) is 0. The molecular weight excluding hydrogens is 420 g/mol. The van der Waals surface area contributed by atoms with Crippen LogP contribution in [0.5, 0.6) is 0 Å². The Balaban J connectivity index is 2.24. The topological polar surface area (TPSA) is 63.4 Å². The number of nitrogens with two attached hydrogens (primary N) is 1. The molecule has 118 valence electrons. The third kappa shape index (κ3) is 3.81. The molecule has 1 heterocycles. The Hall–Kier alpha value is -0.110. The molecular formula is C14H20Br2N2O2S. The number of nitrogens with zero attached hydrogens (tertiary/aromatic N) is 1. The molecule has 0 spiro atoms. The number of rotatable bonds is 4. The molecule has 0 atom stereocenters. The van der Waals surface area contributed by atoms with Crippen LogP contribution in [0.25, 0.3) is 0 Å². The maximum Gasteiger partial charge on any atom is 0.245 e. The number of halogens is 2. The molecule has 0 aromatic heterocycles. The number of benzene rings is 1. The van der Waals surface area contributed by atoms with Gasteiger partial charge in [-0.3, -0.25) is 0 Å². The zero-order valence-electron chi connectivity index (χ0n) is 12.0. The first-order chi connectivity index (χ1) is 9.86. The highest BCUT2D eigenvalue weighted by atomic mass is 79.9. The van der Waals surface area contributed by atoms with Gasteiger partial charge in [-0.15, -0.1) is 0 Å². The normalized spacial score (nSPS) is 18.0. The van der Waals surface area contributed by atoms with Gasteiger partial charge in [0.1, 0.15) is 4.90 Å². The van der Waals surface area contributed by atoms with Gasteiger partial charge in [0.2, 0.25) is 10.0 Å². The molecule has 2 rings (SSSR count).